The molecule has 3 heterocycles. The van der Waals surface area contributed by atoms with Crippen LogP contribution < -0.4 is 10.1 Å². The van der Waals surface area contributed by atoms with E-state index in [1.54, 1.807) is 13.3 Å². The van der Waals surface area contributed by atoms with Crippen LogP contribution in [0.1, 0.15) is 45.1 Å². The molecule has 10 heteroatoms. The van der Waals surface area contributed by atoms with Gasteiger partial charge in [-0.25, -0.2) is 9.28 Å². The van der Waals surface area contributed by atoms with Crippen LogP contribution in [0, 0.1) is 5.92 Å². The lowest BCUT2D eigenvalue weighted by molar-refractivity contribution is -0.713. The van der Waals surface area contributed by atoms with E-state index in [1.807, 2.05) is 61.4 Å². The van der Waals surface area contributed by atoms with Crippen molar-refractivity contribution in [2.45, 2.75) is 45.6 Å². The van der Waals surface area contributed by atoms with Crippen LogP contribution in [-0.2, 0) is 9.53 Å². The number of likely N-dealkylation sites (tertiary alicyclic amines) is 1. The van der Waals surface area contributed by atoms with Crippen molar-refractivity contribution in [1.82, 2.24) is 9.80 Å². The van der Waals surface area contributed by atoms with Crippen molar-refractivity contribution in [1.29, 1.82) is 0 Å². The third-order valence-electron chi connectivity index (χ3n) is 7.46. The van der Waals surface area contributed by atoms with Crippen LogP contribution in [0.15, 0.2) is 52.0 Å². The summed E-state index contributed by atoms with van der Waals surface area (Å²) < 4.78 is 11.5. The van der Waals surface area contributed by atoms with Gasteiger partial charge in [-0.05, 0) is 58.5 Å². The molecular formula is C29H41N6O4+. The Kier molecular flexibility index (Phi) is 8.87. The van der Waals surface area contributed by atoms with Gasteiger partial charge in [0.15, 0.2) is 5.70 Å². The molecule has 1 aromatic rings. The predicted molar refractivity (Wildman–Crippen MR) is 153 cm³/mol. The number of aliphatic imine (C=N–C) groups is 2. The van der Waals surface area contributed by atoms with Crippen LogP contribution in [0.4, 0.5) is 10.5 Å². The van der Waals surface area contributed by atoms with Gasteiger partial charge in [0.1, 0.15) is 23.8 Å². The maximum Gasteiger partial charge on any atom is 0.412 e. The number of quaternary nitrogens is 1. The number of amides is 2. The fourth-order valence-corrected chi connectivity index (χ4v) is 5.38. The van der Waals surface area contributed by atoms with Gasteiger partial charge in [-0.2, -0.15) is 4.99 Å². The van der Waals surface area contributed by atoms with Crippen molar-refractivity contribution >= 4 is 29.7 Å². The highest BCUT2D eigenvalue weighted by molar-refractivity contribution is 6.01. The second kappa shape index (κ2) is 12.1. The molecule has 2 atom stereocenters. The smallest absolute Gasteiger partial charge is 0.412 e. The summed E-state index contributed by atoms with van der Waals surface area (Å²) in [4.78, 5) is 38.4. The number of likely N-dealkylation sites (N-methyl/N-ethyl adjacent to an activating group) is 1. The van der Waals surface area contributed by atoms with Crippen molar-refractivity contribution in [2.24, 2.45) is 15.9 Å². The second-order valence-electron chi connectivity index (χ2n) is 10.8. The number of rotatable bonds is 9. The van der Waals surface area contributed by atoms with E-state index in [0.717, 1.165) is 61.6 Å². The molecule has 0 bridgehead atoms. The third-order valence-corrected chi connectivity index (χ3v) is 7.46. The lowest BCUT2D eigenvalue weighted by Crippen LogP contribution is -2.44. The largest absolute Gasteiger partial charge is 0.495 e. The van der Waals surface area contributed by atoms with Crippen molar-refractivity contribution in [3.8, 4) is 5.75 Å². The molecule has 210 valence electrons. The number of nitrogens with zero attached hydrogens (tertiary/aromatic N) is 5. The van der Waals surface area contributed by atoms with Gasteiger partial charge in [0.25, 0.3) is 0 Å². The topological polar surface area (TPSA) is 95.8 Å². The number of hydrogen-bond acceptors (Lipinski definition) is 7. The molecule has 0 aliphatic carbocycles. The highest BCUT2D eigenvalue weighted by Gasteiger charge is 2.45. The number of nitrogens with one attached hydrogen (secondary N) is 1. The number of carbonyl (C=O) groups excluding carboxylic acids is 2. The van der Waals surface area contributed by atoms with Crippen LogP contribution in [0.2, 0.25) is 0 Å². The van der Waals surface area contributed by atoms with E-state index in [2.05, 4.69) is 24.3 Å². The summed E-state index contributed by atoms with van der Waals surface area (Å²) in [5, 5.41) is 2.81. The molecular weight excluding hydrogens is 496 g/mol. The summed E-state index contributed by atoms with van der Waals surface area (Å²) in [5.74, 6) is 1.79. The highest BCUT2D eigenvalue weighted by atomic mass is 16.6. The molecule has 1 aromatic carbocycles. The number of anilines is 1. The normalized spacial score (nSPS) is 21.6. The molecule has 0 aromatic heterocycles. The molecule has 4 rings (SSSR count). The molecule has 0 saturated carbocycles. The van der Waals surface area contributed by atoms with E-state index < -0.39 is 6.09 Å². The molecule has 1 saturated heterocycles. The first-order valence-electron chi connectivity index (χ1n) is 13.7. The number of hydrogen-bond donors (Lipinski definition) is 1. The van der Waals surface area contributed by atoms with Gasteiger partial charge in [-0.3, -0.25) is 15.1 Å². The van der Waals surface area contributed by atoms with Crippen molar-refractivity contribution in [2.75, 3.05) is 53.2 Å². The SMILES string of the molecule is CCC[C@H](C)OC(=O)Nc1ccc(C2=NC(C3CCN(C(=O)CN(C)C)CC3)=C3C=NC=C[N+]23C)cc1OC. The first-order valence-corrected chi connectivity index (χ1v) is 13.7. The van der Waals surface area contributed by atoms with Gasteiger partial charge >= 0.3 is 6.09 Å². The van der Waals surface area contributed by atoms with Crippen LogP contribution in [0.25, 0.3) is 0 Å². The fourth-order valence-electron chi connectivity index (χ4n) is 5.38. The zero-order chi connectivity index (χ0) is 28.2. The summed E-state index contributed by atoms with van der Waals surface area (Å²) >= 11 is 0. The maximum atomic E-state index is 12.6. The first-order chi connectivity index (χ1) is 18.7. The summed E-state index contributed by atoms with van der Waals surface area (Å²) in [6.45, 7) is 5.80. The lowest BCUT2D eigenvalue weighted by Gasteiger charge is -2.33. The molecule has 0 radical (unpaired) electrons. The molecule has 0 spiro atoms. The predicted octanol–water partition coefficient (Wildman–Crippen LogP) is 4.21. The number of benzene rings is 1. The molecule has 1 fully saturated rings. The van der Waals surface area contributed by atoms with Gasteiger partial charge in [0, 0.05) is 19.0 Å². The Balaban J connectivity index is 1.55. The number of carbonyl (C=O) groups is 2. The lowest BCUT2D eigenvalue weighted by atomic mass is 9.92. The molecule has 3 aliphatic rings. The van der Waals surface area contributed by atoms with E-state index >= 15 is 0 Å². The second-order valence-corrected chi connectivity index (χ2v) is 10.8. The summed E-state index contributed by atoms with van der Waals surface area (Å²) in [5.41, 5.74) is 3.49. The van der Waals surface area contributed by atoms with E-state index in [-0.39, 0.29) is 17.9 Å². The Bertz CT molecular complexity index is 1210. The van der Waals surface area contributed by atoms with E-state index in [9.17, 15) is 9.59 Å². The fraction of sp³-hybridized carbons (Fsp3) is 0.517. The molecule has 3 aliphatic heterocycles. The number of fused-ring (bicyclic) bond motifs is 1. The number of allylic oxidation sites excluding steroid dienone is 2. The minimum absolute atomic E-state index is 0.161. The quantitative estimate of drug-likeness (QED) is 0.476. The van der Waals surface area contributed by atoms with E-state index in [4.69, 9.17) is 14.5 Å². The number of ether oxygens (including phenoxy) is 2. The number of piperidine rings is 1. The standard InChI is InChI=1S/C29H40N6O4/c1-7-8-20(2)39-29(37)31-23-10-9-22(17-25(23)38-6)28-32-27(24-18-30-13-16-35(24,28)5)21-11-14-34(15-12-21)26(36)19-33(3)4/h9-10,13,16-18,20-21H,7-8,11-12,14-15,19H2,1-6H3/p+1/t20-,35?/m0/s1. The van der Waals surface area contributed by atoms with Crippen molar-refractivity contribution in [3.05, 3.63) is 47.6 Å². The Hall–Kier alpha value is -3.50. The zero-order valence-corrected chi connectivity index (χ0v) is 23.9. The van der Waals surface area contributed by atoms with Crippen LogP contribution >= 0.6 is 0 Å². The van der Waals surface area contributed by atoms with Crippen molar-refractivity contribution in [3.63, 3.8) is 0 Å². The monoisotopic (exact) mass is 537 g/mol. The Morgan fingerprint density at radius 3 is 2.67 bits per heavy atom. The van der Waals surface area contributed by atoms with Gasteiger partial charge in [0.2, 0.25) is 11.7 Å². The van der Waals surface area contributed by atoms with E-state index in [1.165, 1.54) is 0 Å². The number of amidine groups is 1. The summed E-state index contributed by atoms with van der Waals surface area (Å²) in [6, 6.07) is 5.66. The average molecular weight is 538 g/mol. The summed E-state index contributed by atoms with van der Waals surface area (Å²) in [7, 11) is 7.51. The Morgan fingerprint density at radius 1 is 1.26 bits per heavy atom. The number of methoxy groups -OCH3 is 1. The minimum atomic E-state index is -0.504. The third kappa shape index (κ3) is 6.23. The first kappa shape index (κ1) is 28.5. The summed E-state index contributed by atoms with van der Waals surface area (Å²) in [6.07, 6.45) is 8.52. The van der Waals surface area contributed by atoms with Gasteiger partial charge in [-0.15, -0.1) is 0 Å². The molecule has 2 amide bonds. The maximum absolute atomic E-state index is 12.6. The molecule has 1 N–H and O–H groups in total. The Labute approximate surface area is 231 Å². The van der Waals surface area contributed by atoms with Gasteiger partial charge in [-0.1, -0.05) is 13.3 Å². The highest BCUT2D eigenvalue weighted by Crippen LogP contribution is 2.40. The van der Waals surface area contributed by atoms with Crippen LogP contribution in [0.5, 0.6) is 5.75 Å². The average Bonchev–Trinajstić information content (AvgIpc) is 3.21. The van der Waals surface area contributed by atoms with Crippen LogP contribution in [-0.4, -0.2) is 92.3 Å². The zero-order valence-electron chi connectivity index (χ0n) is 23.9. The van der Waals surface area contributed by atoms with Gasteiger partial charge < -0.3 is 19.3 Å². The van der Waals surface area contributed by atoms with Gasteiger partial charge in [0.05, 0.1) is 44.4 Å². The molecule has 10 nitrogen and oxygen atoms in total. The van der Waals surface area contributed by atoms with Crippen LogP contribution in [0.3, 0.4) is 0 Å². The van der Waals surface area contributed by atoms with Crippen molar-refractivity contribution < 1.29 is 23.5 Å². The van der Waals surface area contributed by atoms with E-state index in [0.29, 0.717) is 22.5 Å². The Morgan fingerprint density at radius 2 is 2.00 bits per heavy atom. The molecule has 39 heavy (non-hydrogen) atoms. The minimum Gasteiger partial charge on any atom is -0.495 e. The molecule has 1 unspecified atom stereocenters.